The minimum absolute atomic E-state index is 0.776. The van der Waals surface area contributed by atoms with Crippen molar-refractivity contribution in [3.8, 4) is 0 Å². The monoisotopic (exact) mass is 270 g/mol. The van der Waals surface area contributed by atoms with Crippen molar-refractivity contribution in [3.05, 3.63) is 30.3 Å². The molecule has 1 rings (SSSR count). The largest absolute Gasteiger partial charge is 1.04 e. The summed E-state index contributed by atoms with van der Waals surface area (Å²) in [6.07, 6.45) is 1.30. The molecule has 16 heavy (non-hydrogen) atoms. The Morgan fingerprint density at radius 2 is 1.38 bits per heavy atom. The van der Waals surface area contributed by atoms with Gasteiger partial charge in [-0.05, 0) is 19.1 Å². The number of rotatable bonds is 2. The Bertz CT molecular complexity index is 291. The van der Waals surface area contributed by atoms with Crippen LogP contribution in [0.2, 0.25) is 0 Å². The van der Waals surface area contributed by atoms with E-state index in [0.717, 1.165) is 0 Å². The third kappa shape index (κ3) is 8.10. The first-order valence-corrected chi connectivity index (χ1v) is 9.54. The Balaban J connectivity index is 0.000000385. The lowest BCUT2D eigenvalue weighted by molar-refractivity contribution is 0.368. The average Bonchev–Trinajstić information content (AvgIpc) is 2.17. The summed E-state index contributed by atoms with van der Waals surface area (Å²) in [6, 6.07) is 10.8. The first kappa shape index (κ1) is 15.9. The lowest BCUT2D eigenvalue weighted by atomic mass is 10.4. The van der Waals surface area contributed by atoms with Crippen LogP contribution in [0.1, 0.15) is 6.92 Å². The van der Waals surface area contributed by atoms with E-state index in [4.69, 9.17) is 0 Å². The molecule has 0 aliphatic heterocycles. The molecule has 1 aromatic carbocycles. The molecule has 0 N–H and O–H groups in total. The summed E-state index contributed by atoms with van der Waals surface area (Å²) in [7, 11) is -0.776. The summed E-state index contributed by atoms with van der Waals surface area (Å²) in [4.78, 5) is 0. The van der Waals surface area contributed by atoms with Crippen LogP contribution in [0.3, 0.4) is 0 Å². The molecule has 0 aliphatic rings. The first-order chi connectivity index (χ1) is 7.17. The molecule has 92 valence electrons. The standard InChI is InChI=1S/C10H16P.Al.4FH/c1-4-11(2,3)10-8-6-5-7-9-10;;;;;/h5-9H,4H2,1-3H3;;4*1H/q+1;+3;;;;/p-4. The fourth-order valence-electron chi connectivity index (χ4n) is 1.01. The van der Waals surface area contributed by atoms with E-state index in [2.05, 4.69) is 50.6 Å². The molecular weight excluding hydrogens is 254 g/mol. The molecule has 1 aromatic rings. The van der Waals surface area contributed by atoms with Crippen LogP contribution in [0, 0.1) is 0 Å². The van der Waals surface area contributed by atoms with Crippen LogP contribution in [-0.2, 0) is 0 Å². The van der Waals surface area contributed by atoms with E-state index in [1.807, 2.05) is 0 Å². The number of benzene rings is 1. The highest BCUT2D eigenvalue weighted by Crippen LogP contribution is 2.48. The fourth-order valence-corrected chi connectivity index (χ4v) is 2.36. The third-order valence-corrected chi connectivity index (χ3v) is 5.52. The van der Waals surface area contributed by atoms with E-state index in [-0.39, 0.29) is 0 Å². The van der Waals surface area contributed by atoms with Crippen molar-refractivity contribution in [3.63, 3.8) is 0 Å². The van der Waals surface area contributed by atoms with Crippen LogP contribution < -0.4 is 5.30 Å². The summed E-state index contributed by atoms with van der Waals surface area (Å²) in [5.41, 5.74) is 0. The molecule has 0 bridgehead atoms. The smallest absolute Gasteiger partial charge is 0.510 e. The summed E-state index contributed by atoms with van der Waals surface area (Å²) < 4.78 is 39.4. The quantitative estimate of drug-likeness (QED) is 0.434. The molecule has 6 heteroatoms. The average molecular weight is 270 g/mol. The highest BCUT2D eigenvalue weighted by Gasteiger charge is 2.41. The molecule has 0 unspecified atom stereocenters. The predicted octanol–water partition coefficient (Wildman–Crippen LogP) is 3.91. The Morgan fingerprint density at radius 1 is 1.00 bits per heavy atom. The maximum atomic E-state index is 9.85. The van der Waals surface area contributed by atoms with Crippen molar-refractivity contribution >= 4 is 27.5 Å². The van der Waals surface area contributed by atoms with Crippen molar-refractivity contribution < 1.29 is 14.1 Å². The summed E-state index contributed by atoms with van der Waals surface area (Å²) in [5.74, 6) is 0. The molecule has 0 heterocycles. The van der Waals surface area contributed by atoms with Gasteiger partial charge < -0.3 is 14.1 Å². The van der Waals surface area contributed by atoms with Gasteiger partial charge in [0.1, 0.15) is 0 Å². The van der Waals surface area contributed by atoms with Crippen molar-refractivity contribution in [2.75, 3.05) is 19.5 Å². The third-order valence-electron chi connectivity index (χ3n) is 2.25. The lowest BCUT2D eigenvalue weighted by Crippen LogP contribution is -2.09. The van der Waals surface area contributed by atoms with E-state index < -0.39 is 22.2 Å². The SMILES string of the molecule is CC[P+](C)(C)c1ccccc1.[F][Al-]([F])([F])[F]. The van der Waals surface area contributed by atoms with Gasteiger partial charge in [-0.2, -0.15) is 0 Å². The zero-order valence-corrected chi connectivity index (χ0v) is 11.7. The van der Waals surface area contributed by atoms with Gasteiger partial charge in [-0.1, -0.05) is 18.2 Å². The first-order valence-electron chi connectivity index (χ1n) is 4.92. The highest BCUT2D eigenvalue weighted by atomic mass is 31.2. The van der Waals surface area contributed by atoms with Gasteiger partial charge in [-0.15, -0.1) is 0 Å². The zero-order valence-electron chi connectivity index (χ0n) is 9.63. The van der Waals surface area contributed by atoms with Crippen LogP contribution >= 0.6 is 7.26 Å². The second-order valence-corrected chi connectivity index (χ2v) is 9.34. The molecule has 0 aromatic heterocycles. The molecule has 0 amide bonds. The maximum Gasteiger partial charge on any atom is 1.04 e. The van der Waals surface area contributed by atoms with Gasteiger partial charge in [0, 0.05) is 7.26 Å². The summed E-state index contributed by atoms with van der Waals surface area (Å²) >= 11 is -6.83. The van der Waals surface area contributed by atoms with Crippen LogP contribution in [0.4, 0.5) is 14.1 Å². The van der Waals surface area contributed by atoms with Crippen LogP contribution in [0.25, 0.3) is 0 Å². The summed E-state index contributed by atoms with van der Waals surface area (Å²) in [6.45, 7) is 7.06. The second kappa shape index (κ2) is 6.59. The lowest BCUT2D eigenvalue weighted by Gasteiger charge is -2.14. The van der Waals surface area contributed by atoms with E-state index in [1.165, 1.54) is 6.16 Å². The van der Waals surface area contributed by atoms with Gasteiger partial charge in [0.2, 0.25) is 0 Å². The molecule has 0 saturated heterocycles. The van der Waals surface area contributed by atoms with E-state index in [1.54, 1.807) is 5.30 Å². The van der Waals surface area contributed by atoms with E-state index in [0.29, 0.717) is 0 Å². The minimum Gasteiger partial charge on any atom is -0.510 e. The van der Waals surface area contributed by atoms with Gasteiger partial charge in [0.05, 0.1) is 24.8 Å². The van der Waals surface area contributed by atoms with Gasteiger partial charge in [-0.25, -0.2) is 0 Å². The number of hydrogen-bond acceptors (Lipinski definition) is 0. The molecule has 0 spiro atoms. The molecular formula is C10H16AlF4P. The van der Waals surface area contributed by atoms with Crippen molar-refractivity contribution in [1.82, 2.24) is 0 Å². The van der Waals surface area contributed by atoms with E-state index in [9.17, 15) is 14.1 Å². The number of hydrogen-bond donors (Lipinski definition) is 0. The molecule has 0 radical (unpaired) electrons. The molecule has 0 saturated carbocycles. The minimum atomic E-state index is -6.83. The van der Waals surface area contributed by atoms with Crippen molar-refractivity contribution in [2.24, 2.45) is 0 Å². The Labute approximate surface area is 98.6 Å². The predicted molar refractivity (Wildman–Crippen MR) is 65.6 cm³/mol. The van der Waals surface area contributed by atoms with Gasteiger partial charge in [0.25, 0.3) is 0 Å². The van der Waals surface area contributed by atoms with Gasteiger partial charge >= 0.3 is 14.9 Å². The van der Waals surface area contributed by atoms with Gasteiger partial charge in [0.15, 0.2) is 0 Å². The molecule has 0 fully saturated rings. The second-order valence-electron chi connectivity index (χ2n) is 3.83. The summed E-state index contributed by atoms with van der Waals surface area (Å²) in [5, 5.41) is 1.54. The van der Waals surface area contributed by atoms with Gasteiger partial charge in [-0.3, -0.25) is 0 Å². The molecule has 0 atom stereocenters. The Hall–Kier alpha value is -0.0975. The molecule has 0 aliphatic carbocycles. The maximum absolute atomic E-state index is 9.85. The van der Waals surface area contributed by atoms with Crippen molar-refractivity contribution in [1.29, 1.82) is 0 Å². The van der Waals surface area contributed by atoms with E-state index >= 15 is 0 Å². The number of halogens is 4. The van der Waals surface area contributed by atoms with Crippen LogP contribution in [0.5, 0.6) is 0 Å². The normalized spacial score (nSPS) is 11.7. The fraction of sp³-hybridized carbons (Fsp3) is 0.400. The topological polar surface area (TPSA) is 0 Å². The van der Waals surface area contributed by atoms with Crippen LogP contribution in [-0.4, -0.2) is 34.4 Å². The Morgan fingerprint density at radius 3 is 1.69 bits per heavy atom. The Kier molecular flexibility index (Phi) is 6.55. The van der Waals surface area contributed by atoms with Crippen LogP contribution in [0.15, 0.2) is 30.3 Å². The highest BCUT2D eigenvalue weighted by molar-refractivity contribution is 7.81. The zero-order chi connectivity index (χ0) is 12.8. The van der Waals surface area contributed by atoms with Crippen molar-refractivity contribution in [2.45, 2.75) is 6.92 Å². The molecule has 0 nitrogen and oxygen atoms in total.